The van der Waals surface area contributed by atoms with Crippen molar-refractivity contribution in [3.63, 3.8) is 0 Å². The Hall–Kier alpha value is 3.04. The van der Waals surface area contributed by atoms with Crippen molar-refractivity contribution >= 4 is 53.4 Å². The van der Waals surface area contributed by atoms with E-state index in [4.69, 9.17) is 38.5 Å². The van der Waals surface area contributed by atoms with Gasteiger partial charge in [-0.2, -0.15) is 15.6 Å². The number of hydrogen-bond donors (Lipinski definition) is 0. The molecule has 0 rings (SSSR count). The molecule has 14 heteroatoms. The predicted octanol–water partition coefficient (Wildman–Crippen LogP) is -5.81. The van der Waals surface area contributed by atoms with Crippen molar-refractivity contribution in [3.05, 3.63) is 0 Å². The van der Waals surface area contributed by atoms with Gasteiger partial charge in [-0.1, -0.05) is 0 Å². The second-order valence-electron chi connectivity index (χ2n) is 0.894. The average molecular weight is 423 g/mol. The molecule has 0 atom stereocenters. The summed E-state index contributed by atoms with van der Waals surface area (Å²) in [5.41, 5.74) is 0. The van der Waals surface area contributed by atoms with Gasteiger partial charge in [-0.15, -0.1) is 0 Å². The first kappa shape index (κ1) is 36.0. The quantitative estimate of drug-likeness (QED) is 0.274. The van der Waals surface area contributed by atoms with Gasteiger partial charge in [0.15, 0.2) is 0 Å². The molecule has 0 saturated heterocycles. The zero-order valence-corrected chi connectivity index (χ0v) is 12.6. The summed E-state index contributed by atoms with van der Waals surface area (Å²) in [6.07, 6.45) is 0. The summed E-state index contributed by atoms with van der Waals surface area (Å²) < 4.78 is 17.1. The third kappa shape index (κ3) is 321. The first-order valence-corrected chi connectivity index (χ1v) is 4.38. The van der Waals surface area contributed by atoms with E-state index in [1.807, 2.05) is 0 Å². The monoisotopic (exact) mass is 421 g/mol. The average Bonchev–Trinajstić information content (AvgIpc) is 1.12. The molecule has 0 amide bonds. The molecule has 0 N–H and O–H groups in total. The second-order valence-corrected chi connectivity index (χ2v) is 2.68. The molecule has 0 heterocycles. The van der Waals surface area contributed by atoms with E-state index in [1.165, 1.54) is 0 Å². The Balaban J connectivity index is -0.00000000970. The Morgan fingerprint density at radius 1 is 0.643 bits per heavy atom. The van der Waals surface area contributed by atoms with Gasteiger partial charge in [-0.25, -0.2) is 0 Å². The van der Waals surface area contributed by atoms with Crippen molar-refractivity contribution in [1.29, 1.82) is 0 Å². The largest absolute Gasteiger partial charge is 2.00 e. The van der Waals surface area contributed by atoms with E-state index in [1.54, 1.807) is 0 Å². The van der Waals surface area contributed by atoms with Crippen LogP contribution in [0.4, 0.5) is 0 Å². The van der Waals surface area contributed by atoms with Crippen molar-refractivity contribution in [2.45, 2.75) is 0 Å². The number of rotatable bonds is 0. The molecular formula is H2CaCu3O8P2. The van der Waals surface area contributed by atoms with Crippen molar-refractivity contribution in [3.8, 4) is 0 Å². The van der Waals surface area contributed by atoms with Gasteiger partial charge in [0, 0.05) is 0 Å². The zero-order chi connectivity index (χ0) is 9.00. The van der Waals surface area contributed by atoms with Crippen LogP contribution in [0, 0.1) is 0 Å². The van der Waals surface area contributed by atoms with Crippen molar-refractivity contribution in [1.82, 2.24) is 0 Å². The molecule has 0 unspecified atom stereocenters. The maximum absolute atomic E-state index is 8.55. The van der Waals surface area contributed by atoms with Gasteiger partial charge in [-0.3, -0.25) is 0 Å². The number of hydrogen-bond acceptors (Lipinski definition) is 8. The van der Waals surface area contributed by atoms with E-state index in [0.29, 0.717) is 0 Å². The molecule has 0 bridgehead atoms. The molecule has 0 saturated carbocycles. The van der Waals surface area contributed by atoms with E-state index in [0.717, 1.165) is 0 Å². The van der Waals surface area contributed by atoms with E-state index in [-0.39, 0.29) is 91.8 Å². The summed E-state index contributed by atoms with van der Waals surface area (Å²) in [7, 11) is -10.8. The molecule has 0 aliphatic rings. The first-order valence-electron chi connectivity index (χ1n) is 1.46. The van der Waals surface area contributed by atoms with E-state index in [9.17, 15) is 0 Å². The van der Waals surface area contributed by atoms with Crippen molar-refractivity contribution in [2.24, 2.45) is 0 Å². The first-order chi connectivity index (χ1) is 4.00. The SMILES string of the molecule is O=P([O-])([O-])[O-].O=P([O-])([O-])[O-].[Ca+2].[Cu+2].[Cu+2].[Cu+2].[H-].[H-]. The van der Waals surface area contributed by atoms with Gasteiger partial charge in [0.25, 0.3) is 0 Å². The van der Waals surface area contributed by atoms with Crippen LogP contribution in [0.2, 0.25) is 0 Å². The van der Waals surface area contributed by atoms with Gasteiger partial charge in [0.1, 0.15) is 0 Å². The minimum absolute atomic E-state index is 0. The van der Waals surface area contributed by atoms with Crippen LogP contribution in [0.5, 0.6) is 0 Å². The van der Waals surface area contributed by atoms with Crippen LogP contribution in [0.25, 0.3) is 0 Å². The van der Waals surface area contributed by atoms with Gasteiger partial charge < -0.3 is 41.3 Å². The smallest absolute Gasteiger partial charge is 1.00 e. The molecular weight excluding hydrogens is 421 g/mol. The molecule has 0 aromatic carbocycles. The molecule has 14 heavy (non-hydrogen) atoms. The molecule has 0 spiro atoms. The van der Waals surface area contributed by atoms with E-state index < -0.39 is 15.6 Å². The van der Waals surface area contributed by atoms with Crippen LogP contribution in [-0.2, 0) is 60.3 Å². The van der Waals surface area contributed by atoms with Crippen molar-refractivity contribution in [2.75, 3.05) is 0 Å². The maximum Gasteiger partial charge on any atom is 2.00 e. The summed E-state index contributed by atoms with van der Waals surface area (Å²) in [6.45, 7) is 0. The van der Waals surface area contributed by atoms with E-state index >= 15 is 0 Å². The van der Waals surface area contributed by atoms with Crippen LogP contribution in [0.3, 0.4) is 0 Å². The normalized spacial score (nSPS) is 8.43. The number of phosphoric acid groups is 2. The summed E-state index contributed by atoms with van der Waals surface area (Å²) in [5.74, 6) is 0. The fourth-order valence-electron chi connectivity index (χ4n) is 0. The summed E-state index contributed by atoms with van der Waals surface area (Å²) in [6, 6.07) is 0. The van der Waals surface area contributed by atoms with Gasteiger partial charge >= 0.3 is 88.9 Å². The van der Waals surface area contributed by atoms with E-state index in [2.05, 4.69) is 0 Å². The molecule has 0 aromatic heterocycles. The van der Waals surface area contributed by atoms with Gasteiger partial charge in [0.05, 0.1) is 0 Å². The molecule has 8 nitrogen and oxygen atoms in total. The standard InChI is InChI=1S/Ca.3Cu.2H3O4P.2H/c;;;;2*1-5(2,3)4;;/h;;;;2*(H3,1,2,3,4);;/q4*+2;;;2*-1/p-6. The summed E-state index contributed by atoms with van der Waals surface area (Å²) in [5, 5.41) is 0. The minimum Gasteiger partial charge on any atom is -1.00 e. The maximum atomic E-state index is 8.55. The Morgan fingerprint density at radius 2 is 0.643 bits per heavy atom. The second kappa shape index (κ2) is 16.0. The van der Waals surface area contributed by atoms with Gasteiger partial charge in [-0.05, 0) is 0 Å². The third-order valence-corrected chi connectivity index (χ3v) is 0. The fraction of sp³-hybridized carbons (Fsp3) is 0. The molecule has 0 aliphatic carbocycles. The van der Waals surface area contributed by atoms with Crippen LogP contribution < -0.4 is 29.4 Å². The fourth-order valence-corrected chi connectivity index (χ4v) is 0. The Bertz CT molecular complexity index is 144. The molecule has 95 valence electrons. The van der Waals surface area contributed by atoms with Crippen LogP contribution in [-0.4, -0.2) is 37.7 Å². The minimum atomic E-state index is -5.39. The molecule has 0 fully saturated rings. The topological polar surface area (TPSA) is 172 Å². The molecule has 0 aromatic rings. The Morgan fingerprint density at radius 3 is 0.643 bits per heavy atom. The zero-order valence-electron chi connectivity index (χ0n) is 7.77. The summed E-state index contributed by atoms with van der Waals surface area (Å²) in [4.78, 5) is 51.3. The Kier molecular flexibility index (Phi) is 41.2. The summed E-state index contributed by atoms with van der Waals surface area (Å²) >= 11 is 0. The Labute approximate surface area is 144 Å². The molecule has 3 radical (unpaired) electrons. The molecule has 0 aliphatic heterocycles. The third-order valence-electron chi connectivity index (χ3n) is 0. The van der Waals surface area contributed by atoms with Gasteiger partial charge in [0.2, 0.25) is 0 Å². The predicted molar refractivity (Wildman–Crippen MR) is 23.2 cm³/mol. The van der Waals surface area contributed by atoms with Crippen molar-refractivity contribution < 1.29 is 92.5 Å². The van der Waals surface area contributed by atoms with Crippen LogP contribution >= 0.6 is 15.6 Å². The van der Waals surface area contributed by atoms with Crippen LogP contribution in [0.1, 0.15) is 2.85 Å². The van der Waals surface area contributed by atoms with Crippen LogP contribution in [0.15, 0.2) is 0 Å².